The van der Waals surface area contributed by atoms with Crippen molar-refractivity contribution in [1.82, 2.24) is 10.2 Å². The molecule has 0 aromatic heterocycles. The number of carbonyl (C=O) groups excluding carboxylic acids is 1. The fraction of sp³-hybridized carbons (Fsp3) is 0.391. The summed E-state index contributed by atoms with van der Waals surface area (Å²) in [5.74, 6) is -0.686. The molecule has 1 N–H and O–H groups in total. The van der Waals surface area contributed by atoms with E-state index >= 15 is 0 Å². The number of nitrogens with zero attached hydrogens (tertiary/aromatic N) is 2. The van der Waals surface area contributed by atoms with Crippen LogP contribution in [0.2, 0.25) is 0 Å². The van der Waals surface area contributed by atoms with Crippen LogP contribution in [0, 0.1) is 11.6 Å². The Morgan fingerprint density at radius 2 is 2.00 bits per heavy atom. The second-order valence-electron chi connectivity index (χ2n) is 8.47. The summed E-state index contributed by atoms with van der Waals surface area (Å²) in [4.78, 5) is 19.9. The average Bonchev–Trinajstić information content (AvgIpc) is 3.16. The van der Waals surface area contributed by atoms with Crippen LogP contribution in [-0.2, 0) is 11.4 Å². The number of amides is 2. The van der Waals surface area contributed by atoms with E-state index < -0.39 is 23.3 Å². The maximum Gasteiger partial charge on any atom is 0.318 e. The van der Waals surface area contributed by atoms with Crippen molar-refractivity contribution in [3.63, 3.8) is 0 Å². The summed E-state index contributed by atoms with van der Waals surface area (Å²) in [5, 5.41) is 7.06. The number of carbonyl (C=O) groups is 1. The third kappa shape index (κ3) is 5.93. The van der Waals surface area contributed by atoms with Gasteiger partial charge >= 0.3 is 6.03 Å². The monoisotopic (exact) mass is 431 g/mol. The second kappa shape index (κ2) is 9.32. The standard InChI is InChI=1S/C23H27F2N3O3/c1-23(2,3)26-22(29)28(13-15-9-10-16(24)11-19(15)25)14-17-12-20(27-31-17)18-7-5-6-8-21(18)30-4/h5-11,17H,12-14H2,1-4H3,(H,26,29). The minimum Gasteiger partial charge on any atom is -0.496 e. The van der Waals surface area contributed by atoms with Crippen LogP contribution >= 0.6 is 0 Å². The fourth-order valence-electron chi connectivity index (χ4n) is 3.29. The first-order valence-electron chi connectivity index (χ1n) is 10.0. The van der Waals surface area contributed by atoms with E-state index in [2.05, 4.69) is 10.5 Å². The largest absolute Gasteiger partial charge is 0.496 e. The van der Waals surface area contributed by atoms with Crippen LogP contribution in [-0.4, -0.2) is 41.9 Å². The van der Waals surface area contributed by atoms with Gasteiger partial charge in [0.2, 0.25) is 0 Å². The first-order valence-corrected chi connectivity index (χ1v) is 10.0. The van der Waals surface area contributed by atoms with E-state index in [1.807, 2.05) is 45.0 Å². The van der Waals surface area contributed by atoms with Gasteiger partial charge in [-0.25, -0.2) is 13.6 Å². The molecule has 2 aromatic carbocycles. The minimum atomic E-state index is -0.702. The van der Waals surface area contributed by atoms with Crippen molar-refractivity contribution in [2.24, 2.45) is 5.16 Å². The molecule has 0 aliphatic carbocycles. The zero-order valence-electron chi connectivity index (χ0n) is 18.1. The molecule has 0 saturated heterocycles. The Bertz CT molecular complexity index is 973. The molecule has 0 spiro atoms. The molecule has 1 aliphatic rings. The fourth-order valence-corrected chi connectivity index (χ4v) is 3.29. The molecule has 3 rings (SSSR count). The van der Waals surface area contributed by atoms with Gasteiger partial charge < -0.3 is 19.8 Å². The number of hydrogen-bond donors (Lipinski definition) is 1. The average molecular weight is 431 g/mol. The molecular formula is C23H27F2N3O3. The molecule has 166 valence electrons. The van der Waals surface area contributed by atoms with Crippen molar-refractivity contribution in [1.29, 1.82) is 0 Å². The Kier molecular flexibility index (Phi) is 6.77. The minimum absolute atomic E-state index is 0.0299. The molecule has 1 heterocycles. The van der Waals surface area contributed by atoms with Crippen LogP contribution in [0.3, 0.4) is 0 Å². The van der Waals surface area contributed by atoms with Gasteiger partial charge in [0.1, 0.15) is 17.4 Å². The van der Waals surface area contributed by atoms with Crippen LogP contribution in [0.5, 0.6) is 5.75 Å². The van der Waals surface area contributed by atoms with Crippen molar-refractivity contribution in [2.45, 2.75) is 45.4 Å². The second-order valence-corrected chi connectivity index (χ2v) is 8.47. The maximum atomic E-state index is 14.2. The Hall–Kier alpha value is -3.16. The summed E-state index contributed by atoms with van der Waals surface area (Å²) in [6.07, 6.45) is 0.0557. The third-order valence-electron chi connectivity index (χ3n) is 4.72. The topological polar surface area (TPSA) is 63.2 Å². The van der Waals surface area contributed by atoms with E-state index in [4.69, 9.17) is 9.57 Å². The Morgan fingerprint density at radius 1 is 1.26 bits per heavy atom. The molecule has 2 amide bonds. The number of rotatable bonds is 6. The zero-order valence-corrected chi connectivity index (χ0v) is 18.1. The van der Waals surface area contributed by atoms with Crippen LogP contribution < -0.4 is 10.1 Å². The predicted octanol–water partition coefficient (Wildman–Crippen LogP) is 4.48. The van der Waals surface area contributed by atoms with E-state index in [0.29, 0.717) is 17.9 Å². The highest BCUT2D eigenvalue weighted by molar-refractivity contribution is 6.03. The lowest BCUT2D eigenvalue weighted by Crippen LogP contribution is -2.50. The van der Waals surface area contributed by atoms with Gasteiger partial charge in [-0.2, -0.15) is 0 Å². The number of para-hydroxylation sites is 1. The molecule has 1 atom stereocenters. The van der Waals surface area contributed by atoms with Crippen molar-refractivity contribution in [2.75, 3.05) is 13.7 Å². The number of ether oxygens (including phenoxy) is 1. The van der Waals surface area contributed by atoms with Crippen LogP contribution in [0.1, 0.15) is 38.3 Å². The Labute approximate surface area is 180 Å². The van der Waals surface area contributed by atoms with E-state index in [-0.39, 0.29) is 24.7 Å². The van der Waals surface area contributed by atoms with Crippen LogP contribution in [0.25, 0.3) is 0 Å². The van der Waals surface area contributed by atoms with E-state index in [1.165, 1.54) is 17.0 Å². The number of halogens is 2. The SMILES string of the molecule is COc1ccccc1C1=NOC(CN(Cc2ccc(F)cc2F)C(=O)NC(C)(C)C)C1. The highest BCUT2D eigenvalue weighted by atomic mass is 19.1. The van der Waals surface area contributed by atoms with Gasteiger partial charge in [0.05, 0.1) is 25.9 Å². The number of methoxy groups -OCH3 is 1. The lowest BCUT2D eigenvalue weighted by atomic mass is 10.0. The summed E-state index contributed by atoms with van der Waals surface area (Å²) in [5.41, 5.74) is 1.27. The summed E-state index contributed by atoms with van der Waals surface area (Å²) in [6.45, 7) is 5.72. The van der Waals surface area contributed by atoms with E-state index in [9.17, 15) is 13.6 Å². The number of benzene rings is 2. The van der Waals surface area contributed by atoms with Gasteiger partial charge in [0.15, 0.2) is 6.10 Å². The Morgan fingerprint density at radius 3 is 2.68 bits per heavy atom. The number of nitrogens with one attached hydrogen (secondary N) is 1. The summed E-state index contributed by atoms with van der Waals surface area (Å²) in [7, 11) is 1.59. The smallest absolute Gasteiger partial charge is 0.318 e. The van der Waals surface area contributed by atoms with Gasteiger partial charge in [0.25, 0.3) is 0 Å². The summed E-state index contributed by atoms with van der Waals surface area (Å²) >= 11 is 0. The molecule has 31 heavy (non-hydrogen) atoms. The zero-order chi connectivity index (χ0) is 22.6. The Balaban J connectivity index is 1.75. The van der Waals surface area contributed by atoms with Crippen LogP contribution in [0.15, 0.2) is 47.6 Å². The highest BCUT2D eigenvalue weighted by Crippen LogP contribution is 2.25. The van der Waals surface area contributed by atoms with Crippen LogP contribution in [0.4, 0.5) is 13.6 Å². The molecule has 0 bridgehead atoms. The third-order valence-corrected chi connectivity index (χ3v) is 4.72. The lowest BCUT2D eigenvalue weighted by molar-refractivity contribution is 0.0578. The van der Waals surface area contributed by atoms with Crippen molar-refractivity contribution >= 4 is 11.7 Å². The van der Waals surface area contributed by atoms with Gasteiger partial charge in [0, 0.05) is 29.2 Å². The molecule has 0 fully saturated rings. The number of hydrogen-bond acceptors (Lipinski definition) is 4. The normalized spacial score (nSPS) is 15.8. The van der Waals surface area contributed by atoms with Gasteiger partial charge in [-0.1, -0.05) is 23.4 Å². The summed E-state index contributed by atoms with van der Waals surface area (Å²) in [6, 6.07) is 10.4. The predicted molar refractivity (Wildman–Crippen MR) is 114 cm³/mol. The number of urea groups is 1. The first-order chi connectivity index (χ1) is 14.7. The van der Waals surface area contributed by atoms with Crippen molar-refractivity contribution in [3.8, 4) is 5.75 Å². The summed E-state index contributed by atoms with van der Waals surface area (Å²) < 4.78 is 32.9. The molecule has 0 saturated carbocycles. The van der Waals surface area contributed by atoms with Gasteiger partial charge in [-0.15, -0.1) is 0 Å². The lowest BCUT2D eigenvalue weighted by Gasteiger charge is -2.29. The molecule has 1 unspecified atom stereocenters. The van der Waals surface area contributed by atoms with Gasteiger partial charge in [-0.05, 0) is 39.0 Å². The van der Waals surface area contributed by atoms with E-state index in [0.717, 1.165) is 11.6 Å². The molecular weight excluding hydrogens is 404 g/mol. The molecule has 2 aromatic rings. The van der Waals surface area contributed by atoms with Crippen molar-refractivity contribution in [3.05, 3.63) is 65.2 Å². The van der Waals surface area contributed by atoms with Crippen molar-refractivity contribution < 1.29 is 23.1 Å². The highest BCUT2D eigenvalue weighted by Gasteiger charge is 2.29. The molecule has 0 radical (unpaired) electrons. The first kappa shape index (κ1) is 22.5. The van der Waals surface area contributed by atoms with Gasteiger partial charge in [-0.3, -0.25) is 0 Å². The maximum absolute atomic E-state index is 14.2. The quantitative estimate of drug-likeness (QED) is 0.734. The van der Waals surface area contributed by atoms with E-state index in [1.54, 1.807) is 7.11 Å². The molecule has 8 heteroatoms. The molecule has 6 nitrogen and oxygen atoms in total. The number of oxime groups is 1. The molecule has 1 aliphatic heterocycles.